The summed E-state index contributed by atoms with van der Waals surface area (Å²) in [6.45, 7) is 5.62. The molecule has 1 aromatic heterocycles. The Labute approximate surface area is 171 Å². The Morgan fingerprint density at radius 2 is 1.62 bits per heavy atom. The van der Waals surface area contributed by atoms with Crippen molar-refractivity contribution < 1.29 is 17.6 Å². The van der Waals surface area contributed by atoms with Crippen LogP contribution < -0.4 is 0 Å². The Hall–Kier alpha value is -2.73. The van der Waals surface area contributed by atoms with Crippen molar-refractivity contribution in [1.29, 1.82) is 0 Å². The lowest BCUT2D eigenvalue weighted by Gasteiger charge is -2.05. The van der Waals surface area contributed by atoms with Gasteiger partial charge in [0.25, 0.3) is 0 Å². The molecule has 0 unspecified atom stereocenters. The number of sulfone groups is 1. The molecule has 0 aliphatic heterocycles. The number of nitrogens with zero attached hydrogens (tertiary/aromatic N) is 1. The van der Waals surface area contributed by atoms with Crippen LogP contribution in [0.5, 0.6) is 0 Å². The number of hydrogen-bond acceptors (Lipinski definition) is 5. The molecule has 0 spiro atoms. The van der Waals surface area contributed by atoms with Gasteiger partial charge >= 0.3 is 0 Å². The Morgan fingerprint density at radius 1 is 0.966 bits per heavy atom. The molecule has 0 radical (unpaired) electrons. The van der Waals surface area contributed by atoms with Gasteiger partial charge in [-0.1, -0.05) is 42.5 Å². The van der Waals surface area contributed by atoms with Gasteiger partial charge in [0.15, 0.2) is 9.84 Å². The van der Waals surface area contributed by atoms with Gasteiger partial charge in [0.05, 0.1) is 11.4 Å². The van der Waals surface area contributed by atoms with E-state index in [9.17, 15) is 13.2 Å². The van der Waals surface area contributed by atoms with E-state index in [2.05, 4.69) is 4.98 Å². The van der Waals surface area contributed by atoms with Crippen molar-refractivity contribution >= 4 is 15.6 Å². The maximum absolute atomic E-state index is 12.6. The standard InChI is InChI=1S/C23H25NO4S/c1-16-8-4-6-10-19(16)12-13-20(25)14-29(26,27)15-22-18(3)28-23(24-22)21-11-7-5-9-17(21)2/h4-11H,12-15H2,1-3H3. The van der Waals surface area contributed by atoms with Gasteiger partial charge in [-0.2, -0.15) is 0 Å². The van der Waals surface area contributed by atoms with E-state index in [1.54, 1.807) is 6.92 Å². The number of carbonyl (C=O) groups excluding carboxylic acids is 1. The molecule has 0 saturated carbocycles. The van der Waals surface area contributed by atoms with Gasteiger partial charge in [-0.25, -0.2) is 13.4 Å². The molecule has 0 aliphatic rings. The second kappa shape index (κ2) is 8.74. The van der Waals surface area contributed by atoms with E-state index in [0.717, 1.165) is 22.3 Å². The largest absolute Gasteiger partial charge is 0.441 e. The summed E-state index contributed by atoms with van der Waals surface area (Å²) in [6, 6.07) is 15.4. The van der Waals surface area contributed by atoms with Crippen molar-refractivity contribution in [1.82, 2.24) is 4.98 Å². The summed E-state index contributed by atoms with van der Waals surface area (Å²) in [7, 11) is -3.62. The number of rotatable bonds is 8. The molecule has 0 atom stereocenters. The first-order valence-corrected chi connectivity index (χ1v) is 11.4. The number of Topliss-reactive ketones (excluding diaryl/α,β-unsaturated/α-hetero) is 1. The third kappa shape index (κ3) is 5.41. The number of aromatic nitrogens is 1. The van der Waals surface area contributed by atoms with Crippen LogP contribution >= 0.6 is 0 Å². The fraction of sp³-hybridized carbons (Fsp3) is 0.304. The average molecular weight is 412 g/mol. The minimum absolute atomic E-state index is 0.205. The van der Waals surface area contributed by atoms with E-state index in [1.807, 2.05) is 62.4 Å². The second-order valence-corrected chi connectivity index (χ2v) is 9.40. The van der Waals surface area contributed by atoms with Crippen molar-refractivity contribution in [2.75, 3.05) is 5.75 Å². The first kappa shape index (κ1) is 21.0. The number of benzene rings is 2. The highest BCUT2D eigenvalue weighted by Gasteiger charge is 2.22. The minimum Gasteiger partial charge on any atom is -0.441 e. The van der Waals surface area contributed by atoms with Crippen molar-refractivity contribution in [3.63, 3.8) is 0 Å². The maximum Gasteiger partial charge on any atom is 0.226 e. The summed E-state index contributed by atoms with van der Waals surface area (Å²) in [5.74, 6) is -0.209. The Morgan fingerprint density at radius 3 is 2.31 bits per heavy atom. The lowest BCUT2D eigenvalue weighted by atomic mass is 10.0. The number of carbonyl (C=O) groups is 1. The summed E-state index contributed by atoms with van der Waals surface area (Å²) < 4.78 is 30.8. The van der Waals surface area contributed by atoms with E-state index in [4.69, 9.17) is 4.42 Å². The summed E-state index contributed by atoms with van der Waals surface area (Å²) in [6.07, 6.45) is 0.748. The lowest BCUT2D eigenvalue weighted by Crippen LogP contribution is -2.18. The van der Waals surface area contributed by atoms with E-state index in [0.29, 0.717) is 23.8 Å². The van der Waals surface area contributed by atoms with Crippen LogP contribution in [0.15, 0.2) is 52.9 Å². The number of aryl methyl sites for hydroxylation is 4. The van der Waals surface area contributed by atoms with Crippen LogP contribution in [0.2, 0.25) is 0 Å². The van der Waals surface area contributed by atoms with E-state index >= 15 is 0 Å². The third-order valence-electron chi connectivity index (χ3n) is 4.94. The minimum atomic E-state index is -3.62. The Kier molecular flexibility index (Phi) is 6.33. The molecule has 0 saturated heterocycles. The fourth-order valence-electron chi connectivity index (χ4n) is 3.23. The number of hydrogen-bond donors (Lipinski definition) is 0. The van der Waals surface area contributed by atoms with Crippen LogP contribution in [0.4, 0.5) is 0 Å². The molecule has 6 heteroatoms. The van der Waals surface area contributed by atoms with Gasteiger partial charge in [-0.3, -0.25) is 4.79 Å². The molecule has 1 heterocycles. The van der Waals surface area contributed by atoms with Crippen molar-refractivity contribution in [2.45, 2.75) is 39.4 Å². The molecular weight excluding hydrogens is 386 g/mol. The SMILES string of the molecule is Cc1ccccc1CCC(=O)CS(=O)(=O)Cc1nc(-c2ccccc2C)oc1C. The molecule has 5 nitrogen and oxygen atoms in total. The molecule has 0 bridgehead atoms. The van der Waals surface area contributed by atoms with Crippen LogP contribution in [-0.4, -0.2) is 24.9 Å². The smallest absolute Gasteiger partial charge is 0.226 e. The van der Waals surface area contributed by atoms with Crippen LogP contribution in [0, 0.1) is 20.8 Å². The van der Waals surface area contributed by atoms with Crippen LogP contribution in [0.25, 0.3) is 11.5 Å². The third-order valence-corrected chi connectivity index (χ3v) is 6.42. The van der Waals surface area contributed by atoms with Crippen molar-refractivity contribution in [3.8, 4) is 11.5 Å². The maximum atomic E-state index is 12.6. The summed E-state index contributed by atoms with van der Waals surface area (Å²) >= 11 is 0. The molecule has 0 N–H and O–H groups in total. The predicted octanol–water partition coefficient (Wildman–Crippen LogP) is 4.38. The van der Waals surface area contributed by atoms with E-state index in [1.165, 1.54) is 0 Å². The predicted molar refractivity (Wildman–Crippen MR) is 113 cm³/mol. The second-order valence-electron chi connectivity index (χ2n) is 7.33. The molecule has 29 heavy (non-hydrogen) atoms. The normalized spacial score (nSPS) is 11.6. The zero-order valence-electron chi connectivity index (χ0n) is 16.9. The quantitative estimate of drug-likeness (QED) is 0.550. The fourth-order valence-corrected chi connectivity index (χ4v) is 4.65. The highest BCUT2D eigenvalue weighted by atomic mass is 32.2. The molecule has 0 amide bonds. The van der Waals surface area contributed by atoms with Crippen LogP contribution in [0.3, 0.4) is 0 Å². The van der Waals surface area contributed by atoms with Gasteiger partial charge in [-0.05, 0) is 49.9 Å². The van der Waals surface area contributed by atoms with E-state index < -0.39 is 15.6 Å². The van der Waals surface area contributed by atoms with Gasteiger partial charge in [0, 0.05) is 12.0 Å². The summed E-state index contributed by atoms with van der Waals surface area (Å²) in [5, 5.41) is 0. The van der Waals surface area contributed by atoms with Crippen molar-refractivity contribution in [2.24, 2.45) is 0 Å². The molecule has 0 aliphatic carbocycles. The van der Waals surface area contributed by atoms with E-state index in [-0.39, 0.29) is 18.0 Å². The van der Waals surface area contributed by atoms with Gasteiger partial charge in [0.2, 0.25) is 5.89 Å². The highest BCUT2D eigenvalue weighted by molar-refractivity contribution is 7.91. The Bertz CT molecular complexity index is 1130. The summed E-state index contributed by atoms with van der Waals surface area (Å²) in [5.41, 5.74) is 4.34. The molecule has 3 rings (SSSR count). The number of ketones is 1. The van der Waals surface area contributed by atoms with Gasteiger partial charge < -0.3 is 4.42 Å². The monoisotopic (exact) mass is 411 g/mol. The molecule has 2 aromatic carbocycles. The zero-order valence-corrected chi connectivity index (χ0v) is 17.8. The molecule has 3 aromatic rings. The van der Waals surface area contributed by atoms with Crippen LogP contribution in [0.1, 0.15) is 34.6 Å². The molecular formula is C23H25NO4S. The molecule has 152 valence electrons. The average Bonchev–Trinajstić information content (AvgIpc) is 3.00. The molecule has 0 fully saturated rings. The first-order chi connectivity index (χ1) is 13.7. The topological polar surface area (TPSA) is 77.2 Å². The first-order valence-electron chi connectivity index (χ1n) is 9.54. The number of oxazole rings is 1. The zero-order chi connectivity index (χ0) is 21.0. The van der Waals surface area contributed by atoms with Crippen molar-refractivity contribution in [3.05, 3.63) is 76.7 Å². The highest BCUT2D eigenvalue weighted by Crippen LogP contribution is 2.25. The Balaban J connectivity index is 1.66. The van der Waals surface area contributed by atoms with Crippen LogP contribution in [-0.2, 0) is 26.8 Å². The summed E-state index contributed by atoms with van der Waals surface area (Å²) in [4.78, 5) is 16.6. The van der Waals surface area contributed by atoms with Gasteiger partial charge in [-0.15, -0.1) is 0 Å². The lowest BCUT2D eigenvalue weighted by molar-refractivity contribution is -0.116. The van der Waals surface area contributed by atoms with Gasteiger partial charge in [0.1, 0.15) is 17.3 Å².